The van der Waals surface area contributed by atoms with E-state index in [1.54, 1.807) is 0 Å². The number of aliphatic hydroxyl groups excluding tert-OH is 2. The molecule has 1 aliphatic rings. The molecule has 0 aliphatic carbocycles. The van der Waals surface area contributed by atoms with Gasteiger partial charge in [-0.3, -0.25) is 4.79 Å². The van der Waals surface area contributed by atoms with Crippen molar-refractivity contribution in [1.82, 2.24) is 4.90 Å². The van der Waals surface area contributed by atoms with Crippen LogP contribution >= 0.6 is 0 Å². The van der Waals surface area contributed by atoms with Gasteiger partial charge in [0, 0.05) is 18.8 Å². The molecular formula is C14H20N2O3. The second-order valence-corrected chi connectivity index (χ2v) is 5.07. The van der Waals surface area contributed by atoms with Gasteiger partial charge in [-0.2, -0.15) is 0 Å². The van der Waals surface area contributed by atoms with Crippen LogP contribution in [0.1, 0.15) is 11.1 Å². The molecule has 1 aliphatic heterocycles. The molecule has 1 heterocycles. The normalized spacial score (nSPS) is 15.5. The molecule has 0 saturated heterocycles. The summed E-state index contributed by atoms with van der Waals surface area (Å²) < 4.78 is 0. The number of nitrogens with zero attached hydrogens (tertiary/aromatic N) is 1. The Labute approximate surface area is 112 Å². The quantitative estimate of drug-likeness (QED) is 0.677. The summed E-state index contributed by atoms with van der Waals surface area (Å²) in [5.74, 6) is 0.0512. The summed E-state index contributed by atoms with van der Waals surface area (Å²) in [6.07, 6.45) is 0.630. The van der Waals surface area contributed by atoms with Crippen LogP contribution in [0.4, 0.5) is 5.69 Å². The summed E-state index contributed by atoms with van der Waals surface area (Å²) in [7, 11) is 1.91. The molecule has 1 unspecified atom stereocenters. The molecule has 19 heavy (non-hydrogen) atoms. The van der Waals surface area contributed by atoms with E-state index in [1.807, 2.05) is 24.1 Å². The minimum absolute atomic E-state index is 0.0512. The number of amides is 1. The van der Waals surface area contributed by atoms with Crippen molar-refractivity contribution in [2.45, 2.75) is 18.9 Å². The van der Waals surface area contributed by atoms with Gasteiger partial charge in [-0.15, -0.1) is 0 Å². The van der Waals surface area contributed by atoms with Crippen LogP contribution in [-0.4, -0.2) is 53.9 Å². The minimum Gasteiger partial charge on any atom is -0.394 e. The Balaban J connectivity index is 1.87. The summed E-state index contributed by atoms with van der Waals surface area (Å²) in [5.41, 5.74) is 3.15. The highest BCUT2D eigenvalue weighted by Crippen LogP contribution is 2.23. The Morgan fingerprint density at radius 2 is 2.26 bits per heavy atom. The van der Waals surface area contributed by atoms with E-state index >= 15 is 0 Å². The number of nitrogens with one attached hydrogen (secondary N) is 1. The van der Waals surface area contributed by atoms with Crippen LogP contribution in [-0.2, 0) is 17.6 Å². The van der Waals surface area contributed by atoms with E-state index in [0.29, 0.717) is 13.0 Å². The number of carbonyl (C=O) groups is 1. The van der Waals surface area contributed by atoms with Gasteiger partial charge in [0.25, 0.3) is 0 Å². The van der Waals surface area contributed by atoms with E-state index in [0.717, 1.165) is 24.2 Å². The molecular weight excluding hydrogens is 244 g/mol. The number of fused-ring (bicyclic) bond motifs is 1. The first-order valence-corrected chi connectivity index (χ1v) is 6.47. The number of anilines is 1. The van der Waals surface area contributed by atoms with E-state index < -0.39 is 6.10 Å². The van der Waals surface area contributed by atoms with Gasteiger partial charge < -0.3 is 20.4 Å². The van der Waals surface area contributed by atoms with Crippen molar-refractivity contribution in [2.75, 3.05) is 32.1 Å². The first kappa shape index (κ1) is 14.0. The fourth-order valence-electron chi connectivity index (χ4n) is 2.27. The van der Waals surface area contributed by atoms with Crippen LogP contribution in [0, 0.1) is 0 Å². The summed E-state index contributed by atoms with van der Waals surface area (Å²) in [4.78, 5) is 13.2. The third kappa shape index (κ3) is 3.76. The van der Waals surface area contributed by atoms with Gasteiger partial charge in [0.1, 0.15) is 0 Å². The Bertz CT molecular complexity index is 462. The predicted molar refractivity (Wildman–Crippen MR) is 73.1 cm³/mol. The molecule has 1 amide bonds. The maximum atomic E-state index is 11.3. The van der Waals surface area contributed by atoms with Gasteiger partial charge in [-0.25, -0.2) is 0 Å². The molecule has 0 radical (unpaired) electrons. The highest BCUT2D eigenvalue weighted by atomic mass is 16.3. The highest BCUT2D eigenvalue weighted by molar-refractivity contribution is 5.99. The van der Waals surface area contributed by atoms with Gasteiger partial charge >= 0.3 is 0 Å². The van der Waals surface area contributed by atoms with Crippen LogP contribution in [0.2, 0.25) is 0 Å². The van der Waals surface area contributed by atoms with Crippen molar-refractivity contribution < 1.29 is 15.0 Å². The molecule has 1 aromatic rings. The monoisotopic (exact) mass is 264 g/mol. The number of likely N-dealkylation sites (N-methyl/N-ethyl adjacent to an activating group) is 1. The van der Waals surface area contributed by atoms with Gasteiger partial charge in [0.15, 0.2) is 0 Å². The predicted octanol–water partition coefficient (Wildman–Crippen LogP) is 0.00870. The topological polar surface area (TPSA) is 72.8 Å². The van der Waals surface area contributed by atoms with Crippen LogP contribution < -0.4 is 5.32 Å². The van der Waals surface area contributed by atoms with Crippen molar-refractivity contribution in [2.24, 2.45) is 0 Å². The number of hydrogen-bond donors (Lipinski definition) is 3. The average Bonchev–Trinajstić information content (AvgIpc) is 2.75. The number of carbonyl (C=O) groups excluding carboxylic acids is 1. The van der Waals surface area contributed by atoms with E-state index in [-0.39, 0.29) is 12.5 Å². The molecule has 0 aromatic heterocycles. The second kappa shape index (κ2) is 6.14. The van der Waals surface area contributed by atoms with Crippen molar-refractivity contribution in [1.29, 1.82) is 0 Å². The van der Waals surface area contributed by atoms with Crippen LogP contribution in [0.3, 0.4) is 0 Å². The minimum atomic E-state index is -0.688. The maximum absolute atomic E-state index is 11.3. The van der Waals surface area contributed by atoms with E-state index in [1.165, 1.54) is 5.56 Å². The van der Waals surface area contributed by atoms with Gasteiger partial charge in [0.2, 0.25) is 5.91 Å². The molecule has 0 bridgehead atoms. The Kier molecular flexibility index (Phi) is 4.52. The van der Waals surface area contributed by atoms with Gasteiger partial charge in [-0.1, -0.05) is 12.1 Å². The number of benzene rings is 1. The lowest BCUT2D eigenvalue weighted by atomic mass is 10.1. The van der Waals surface area contributed by atoms with E-state index in [4.69, 9.17) is 5.11 Å². The fraction of sp³-hybridized carbons (Fsp3) is 0.500. The largest absolute Gasteiger partial charge is 0.394 e. The van der Waals surface area contributed by atoms with E-state index in [2.05, 4.69) is 11.4 Å². The Morgan fingerprint density at radius 3 is 3.00 bits per heavy atom. The number of rotatable bonds is 6. The first-order chi connectivity index (χ1) is 9.08. The van der Waals surface area contributed by atoms with Crippen molar-refractivity contribution in [3.63, 3.8) is 0 Å². The summed E-state index contributed by atoms with van der Waals surface area (Å²) in [5, 5.41) is 20.9. The molecule has 1 aromatic carbocycles. The molecule has 104 valence electrons. The zero-order chi connectivity index (χ0) is 13.8. The third-order valence-corrected chi connectivity index (χ3v) is 3.31. The molecule has 5 nitrogen and oxygen atoms in total. The SMILES string of the molecule is CN(CCc1ccc2c(c1)CC(=O)N2)CC(O)CO. The summed E-state index contributed by atoms with van der Waals surface area (Å²) in [6, 6.07) is 6.02. The van der Waals surface area contributed by atoms with Crippen LogP contribution in [0.25, 0.3) is 0 Å². The smallest absolute Gasteiger partial charge is 0.228 e. The lowest BCUT2D eigenvalue weighted by molar-refractivity contribution is -0.115. The van der Waals surface area contributed by atoms with Crippen molar-refractivity contribution >= 4 is 11.6 Å². The van der Waals surface area contributed by atoms with Crippen LogP contribution in [0.15, 0.2) is 18.2 Å². The summed E-state index contributed by atoms with van der Waals surface area (Å²) in [6.45, 7) is 1.05. The molecule has 5 heteroatoms. The average molecular weight is 264 g/mol. The zero-order valence-electron chi connectivity index (χ0n) is 11.1. The first-order valence-electron chi connectivity index (χ1n) is 6.47. The Morgan fingerprint density at radius 1 is 1.47 bits per heavy atom. The standard InChI is InChI=1S/C14H20N2O3/c1-16(8-12(18)9-17)5-4-10-2-3-13-11(6-10)7-14(19)15-13/h2-3,6,12,17-18H,4-5,7-9H2,1H3,(H,15,19). The second-order valence-electron chi connectivity index (χ2n) is 5.07. The molecule has 0 spiro atoms. The number of aliphatic hydroxyl groups is 2. The number of hydrogen-bond acceptors (Lipinski definition) is 4. The van der Waals surface area contributed by atoms with Gasteiger partial charge in [0.05, 0.1) is 19.1 Å². The molecule has 3 N–H and O–H groups in total. The molecule has 2 rings (SSSR count). The summed E-state index contributed by atoms with van der Waals surface area (Å²) >= 11 is 0. The van der Waals surface area contributed by atoms with Crippen molar-refractivity contribution in [3.8, 4) is 0 Å². The maximum Gasteiger partial charge on any atom is 0.228 e. The lowest BCUT2D eigenvalue weighted by Crippen LogP contribution is -2.32. The van der Waals surface area contributed by atoms with E-state index in [9.17, 15) is 9.90 Å². The fourth-order valence-corrected chi connectivity index (χ4v) is 2.27. The molecule has 1 atom stereocenters. The highest BCUT2D eigenvalue weighted by Gasteiger charge is 2.17. The zero-order valence-corrected chi connectivity index (χ0v) is 11.1. The Hall–Kier alpha value is -1.43. The van der Waals surface area contributed by atoms with Crippen molar-refractivity contribution in [3.05, 3.63) is 29.3 Å². The third-order valence-electron chi connectivity index (χ3n) is 3.31. The molecule has 0 fully saturated rings. The van der Waals surface area contributed by atoms with Gasteiger partial charge in [-0.05, 0) is 30.7 Å². The van der Waals surface area contributed by atoms with Crippen LogP contribution in [0.5, 0.6) is 0 Å². The lowest BCUT2D eigenvalue weighted by Gasteiger charge is -2.19. The molecule has 0 saturated carbocycles.